The van der Waals surface area contributed by atoms with Crippen LogP contribution in [0, 0.1) is 5.92 Å². The third-order valence-corrected chi connectivity index (χ3v) is 7.07. The van der Waals surface area contributed by atoms with Crippen LogP contribution in [0.5, 0.6) is 5.75 Å². The van der Waals surface area contributed by atoms with Gasteiger partial charge < -0.3 is 19.4 Å². The second-order valence-electron chi connectivity index (χ2n) is 9.64. The van der Waals surface area contributed by atoms with Gasteiger partial charge in [0.15, 0.2) is 5.82 Å². The Bertz CT molecular complexity index is 1190. The van der Waals surface area contributed by atoms with E-state index in [1.165, 1.54) is 5.56 Å². The Morgan fingerprint density at radius 1 is 0.919 bits per heavy atom. The van der Waals surface area contributed by atoms with Gasteiger partial charge in [-0.3, -0.25) is 9.59 Å². The van der Waals surface area contributed by atoms with Gasteiger partial charge in [0, 0.05) is 44.2 Å². The number of carbonyl (C=O) groups is 2. The average Bonchev–Trinajstić information content (AvgIpc) is 3.81. The topological polar surface area (TPSA) is 78.9 Å². The molecule has 0 unspecified atom stereocenters. The third kappa shape index (κ3) is 6.25. The summed E-state index contributed by atoms with van der Waals surface area (Å²) in [5, 5.41) is 8.83. The van der Waals surface area contributed by atoms with Crippen LogP contribution in [0.25, 0.3) is 11.3 Å². The number of amides is 2. The van der Waals surface area contributed by atoms with E-state index in [4.69, 9.17) is 4.74 Å². The zero-order valence-corrected chi connectivity index (χ0v) is 21.3. The van der Waals surface area contributed by atoms with Crippen molar-refractivity contribution in [2.24, 2.45) is 5.92 Å². The van der Waals surface area contributed by atoms with Gasteiger partial charge in [0.05, 0.1) is 19.3 Å². The van der Waals surface area contributed by atoms with Crippen molar-refractivity contribution in [1.82, 2.24) is 20.0 Å². The van der Waals surface area contributed by atoms with Crippen molar-refractivity contribution in [3.05, 3.63) is 72.3 Å². The van der Waals surface area contributed by atoms with E-state index >= 15 is 0 Å². The Morgan fingerprint density at radius 2 is 1.65 bits per heavy atom. The molecule has 8 heteroatoms. The lowest BCUT2D eigenvalue weighted by Gasteiger charge is -2.36. The Balaban J connectivity index is 1.14. The fraction of sp³-hybridized carbons (Fsp3) is 0.379. The van der Waals surface area contributed by atoms with Crippen molar-refractivity contribution in [2.75, 3.05) is 51.3 Å². The van der Waals surface area contributed by atoms with Crippen LogP contribution in [-0.2, 0) is 16.0 Å². The second kappa shape index (κ2) is 11.4. The lowest BCUT2D eigenvalue weighted by Crippen LogP contribution is -2.52. The number of ether oxygens (including phenoxy) is 1. The number of hydrogen-bond acceptors (Lipinski definition) is 6. The van der Waals surface area contributed by atoms with Crippen LogP contribution in [0.2, 0.25) is 0 Å². The molecule has 2 aliphatic rings. The van der Waals surface area contributed by atoms with Crippen LogP contribution < -0.4 is 9.64 Å². The molecule has 0 spiro atoms. The standard InChI is InChI=1S/C29H33N5O3/c1-37-25-11-9-23(10-12-25)26-13-14-27(31-30-26)32-17-19-33(20-18-32)28(35)21-34(29(36)24-7-8-24)16-15-22-5-3-2-4-6-22/h2-6,9-14,24H,7-8,15-21H2,1H3. The van der Waals surface area contributed by atoms with Crippen molar-refractivity contribution in [3.63, 3.8) is 0 Å². The highest BCUT2D eigenvalue weighted by Gasteiger charge is 2.35. The van der Waals surface area contributed by atoms with E-state index in [0.29, 0.717) is 32.7 Å². The fourth-order valence-corrected chi connectivity index (χ4v) is 4.62. The molecule has 0 bridgehead atoms. The maximum Gasteiger partial charge on any atom is 0.242 e. The van der Waals surface area contributed by atoms with Crippen molar-refractivity contribution < 1.29 is 14.3 Å². The average molecular weight is 500 g/mol. The van der Waals surface area contributed by atoms with Crippen molar-refractivity contribution in [3.8, 4) is 17.0 Å². The Kier molecular flexibility index (Phi) is 7.63. The summed E-state index contributed by atoms with van der Waals surface area (Å²) in [6, 6.07) is 21.8. The predicted molar refractivity (Wildman–Crippen MR) is 142 cm³/mol. The van der Waals surface area contributed by atoms with Gasteiger partial charge in [0.25, 0.3) is 0 Å². The molecule has 192 valence electrons. The summed E-state index contributed by atoms with van der Waals surface area (Å²) in [6.45, 7) is 3.29. The molecule has 2 amide bonds. The minimum absolute atomic E-state index is 0.0163. The Hall–Kier alpha value is -3.94. The van der Waals surface area contributed by atoms with Crippen LogP contribution in [0.1, 0.15) is 18.4 Å². The minimum atomic E-state index is 0.0163. The number of rotatable bonds is 9. The minimum Gasteiger partial charge on any atom is -0.497 e. The lowest BCUT2D eigenvalue weighted by atomic mass is 10.1. The van der Waals surface area contributed by atoms with Crippen LogP contribution >= 0.6 is 0 Å². The number of methoxy groups -OCH3 is 1. The van der Waals surface area contributed by atoms with Gasteiger partial charge in [-0.25, -0.2) is 0 Å². The highest BCUT2D eigenvalue weighted by Crippen LogP contribution is 2.31. The second-order valence-corrected chi connectivity index (χ2v) is 9.64. The zero-order valence-electron chi connectivity index (χ0n) is 21.3. The molecule has 0 N–H and O–H groups in total. The number of aromatic nitrogens is 2. The highest BCUT2D eigenvalue weighted by molar-refractivity contribution is 5.87. The van der Waals surface area contributed by atoms with Gasteiger partial charge in [0.2, 0.25) is 11.8 Å². The van der Waals surface area contributed by atoms with Gasteiger partial charge >= 0.3 is 0 Å². The summed E-state index contributed by atoms with van der Waals surface area (Å²) in [5.41, 5.74) is 2.96. The third-order valence-electron chi connectivity index (χ3n) is 7.07. The van der Waals surface area contributed by atoms with Crippen molar-refractivity contribution in [1.29, 1.82) is 0 Å². The predicted octanol–water partition coefficient (Wildman–Crippen LogP) is 3.28. The highest BCUT2D eigenvalue weighted by atomic mass is 16.5. The summed E-state index contributed by atoms with van der Waals surface area (Å²) in [4.78, 5) is 31.8. The smallest absolute Gasteiger partial charge is 0.242 e. The van der Waals surface area contributed by atoms with Crippen LogP contribution in [0.4, 0.5) is 5.82 Å². The molecule has 2 fully saturated rings. The van der Waals surface area contributed by atoms with Gasteiger partial charge in [-0.15, -0.1) is 10.2 Å². The molecule has 2 heterocycles. The van der Waals surface area contributed by atoms with Crippen LogP contribution in [0.15, 0.2) is 66.7 Å². The molecule has 1 aliphatic carbocycles. The summed E-state index contributed by atoms with van der Waals surface area (Å²) in [7, 11) is 1.65. The molecule has 0 radical (unpaired) electrons. The Morgan fingerprint density at radius 3 is 2.27 bits per heavy atom. The molecule has 1 saturated heterocycles. The molecule has 37 heavy (non-hydrogen) atoms. The van der Waals surface area contributed by atoms with Crippen molar-refractivity contribution in [2.45, 2.75) is 19.3 Å². The van der Waals surface area contributed by atoms with E-state index < -0.39 is 0 Å². The number of carbonyl (C=O) groups excluding carboxylic acids is 2. The summed E-state index contributed by atoms with van der Waals surface area (Å²) in [5.74, 6) is 1.84. The lowest BCUT2D eigenvalue weighted by molar-refractivity contribution is -0.141. The van der Waals surface area contributed by atoms with E-state index in [1.807, 2.05) is 59.5 Å². The van der Waals surface area contributed by atoms with Crippen LogP contribution in [0.3, 0.4) is 0 Å². The van der Waals surface area contributed by atoms with E-state index in [9.17, 15) is 9.59 Å². The quantitative estimate of drug-likeness (QED) is 0.450. The van der Waals surface area contributed by atoms with E-state index in [0.717, 1.165) is 42.1 Å². The summed E-state index contributed by atoms with van der Waals surface area (Å²) >= 11 is 0. The first-order valence-electron chi connectivity index (χ1n) is 12.9. The number of anilines is 1. The molecule has 2 aromatic carbocycles. The van der Waals surface area contributed by atoms with Crippen LogP contribution in [-0.4, -0.2) is 78.2 Å². The molecule has 3 aromatic rings. The fourth-order valence-electron chi connectivity index (χ4n) is 4.62. The molecule has 8 nitrogen and oxygen atoms in total. The van der Waals surface area contributed by atoms with E-state index in [2.05, 4.69) is 27.2 Å². The van der Waals surface area contributed by atoms with Gasteiger partial charge in [-0.1, -0.05) is 30.3 Å². The molecular weight excluding hydrogens is 466 g/mol. The van der Waals surface area contributed by atoms with Gasteiger partial charge in [0.1, 0.15) is 5.75 Å². The first-order valence-corrected chi connectivity index (χ1v) is 12.9. The SMILES string of the molecule is COc1ccc(-c2ccc(N3CCN(C(=O)CN(CCc4ccccc4)C(=O)C4CC4)CC3)nn2)cc1. The number of nitrogens with zero attached hydrogens (tertiary/aromatic N) is 5. The maximum atomic E-state index is 13.1. The van der Waals surface area contributed by atoms with E-state index in [1.54, 1.807) is 12.0 Å². The molecule has 1 aliphatic heterocycles. The number of hydrogen-bond donors (Lipinski definition) is 0. The Labute approximate surface area is 217 Å². The number of benzene rings is 2. The molecule has 0 atom stereocenters. The van der Waals surface area contributed by atoms with E-state index in [-0.39, 0.29) is 24.3 Å². The van der Waals surface area contributed by atoms with Gasteiger partial charge in [-0.2, -0.15) is 0 Å². The molecular formula is C29H33N5O3. The maximum absolute atomic E-state index is 13.1. The van der Waals surface area contributed by atoms with Crippen molar-refractivity contribution >= 4 is 17.6 Å². The largest absolute Gasteiger partial charge is 0.497 e. The molecule has 5 rings (SSSR count). The van der Waals surface area contributed by atoms with Gasteiger partial charge in [-0.05, 0) is 61.2 Å². The molecule has 1 saturated carbocycles. The number of piperazine rings is 1. The normalized spacial score (nSPS) is 15.4. The first-order chi connectivity index (χ1) is 18.1. The molecule has 1 aromatic heterocycles. The monoisotopic (exact) mass is 499 g/mol. The summed E-state index contributed by atoms with van der Waals surface area (Å²) < 4.78 is 5.22. The summed E-state index contributed by atoms with van der Waals surface area (Å²) in [6.07, 6.45) is 2.63. The first kappa shape index (κ1) is 24.7. The zero-order chi connectivity index (χ0) is 25.6.